The van der Waals surface area contributed by atoms with Gasteiger partial charge in [-0.3, -0.25) is 0 Å². The van der Waals surface area contributed by atoms with Gasteiger partial charge in [-0.2, -0.15) is 0 Å². The van der Waals surface area contributed by atoms with Crippen LogP contribution in [0.3, 0.4) is 0 Å². The van der Waals surface area contributed by atoms with Crippen LogP contribution < -0.4 is 0 Å². The van der Waals surface area contributed by atoms with Crippen LogP contribution in [0, 0.1) is 14.1 Å². The number of rotatable bonds is 4. The summed E-state index contributed by atoms with van der Waals surface area (Å²) in [5, 5.41) is 13.2. The highest BCUT2D eigenvalue weighted by Gasteiger charge is 2.15. The Morgan fingerprint density at radius 1 is 1.00 bits per heavy atom. The van der Waals surface area contributed by atoms with E-state index in [0.29, 0.717) is 13.1 Å². The molecule has 128 valence electrons. The minimum absolute atomic E-state index is 0.481. The summed E-state index contributed by atoms with van der Waals surface area (Å²) < 4.78 is 6.66. The maximum absolute atomic E-state index is 10.7. The molecule has 0 amide bonds. The van der Waals surface area contributed by atoms with Crippen molar-refractivity contribution in [1.82, 2.24) is 14.1 Å². The number of nitrogens with zero attached hydrogens (tertiary/aromatic N) is 3. The molecule has 0 spiro atoms. The third-order valence-corrected chi connectivity index (χ3v) is 5.86. The highest BCUT2D eigenvalue weighted by Crippen LogP contribution is 2.31. The van der Waals surface area contributed by atoms with E-state index in [9.17, 15) is 5.11 Å². The van der Waals surface area contributed by atoms with Crippen molar-refractivity contribution in [2.75, 3.05) is 0 Å². The summed E-state index contributed by atoms with van der Waals surface area (Å²) in [6.07, 6.45) is 3.20. The molecular weight excluding hydrogens is 540 g/mol. The summed E-state index contributed by atoms with van der Waals surface area (Å²) in [6, 6.07) is 13.0. The SMILES string of the molecule is Cc1nccn1C[C@H](O)Cn1c2ccc(I)cc2c2cc(I)ccc21. The molecule has 0 fully saturated rings. The molecule has 0 aliphatic carbocycles. The quantitative estimate of drug-likeness (QED) is 0.374. The molecule has 6 heteroatoms. The number of imidazole rings is 1. The first-order chi connectivity index (χ1) is 12.0. The van der Waals surface area contributed by atoms with Gasteiger partial charge < -0.3 is 14.2 Å². The van der Waals surface area contributed by atoms with Crippen LogP contribution in [-0.2, 0) is 13.1 Å². The lowest BCUT2D eigenvalue weighted by Gasteiger charge is -2.15. The summed E-state index contributed by atoms with van der Waals surface area (Å²) in [6.45, 7) is 3.05. The molecule has 0 saturated carbocycles. The Kier molecular flexibility index (Phi) is 4.76. The number of aromatic nitrogens is 3. The Labute approximate surface area is 173 Å². The van der Waals surface area contributed by atoms with Crippen LogP contribution >= 0.6 is 45.2 Å². The number of aliphatic hydroxyl groups excluding tert-OH is 1. The van der Waals surface area contributed by atoms with E-state index in [4.69, 9.17) is 0 Å². The van der Waals surface area contributed by atoms with Crippen LogP contribution in [0.25, 0.3) is 21.8 Å². The number of hydrogen-bond acceptors (Lipinski definition) is 2. The predicted molar refractivity (Wildman–Crippen MR) is 118 cm³/mol. The number of halogens is 2. The fourth-order valence-electron chi connectivity index (χ4n) is 3.34. The number of aliphatic hydroxyl groups is 1. The molecule has 2 aromatic heterocycles. The minimum Gasteiger partial charge on any atom is -0.389 e. The zero-order valence-corrected chi connectivity index (χ0v) is 18.0. The normalized spacial score (nSPS) is 13.0. The maximum atomic E-state index is 10.7. The van der Waals surface area contributed by atoms with E-state index in [0.717, 1.165) is 5.82 Å². The van der Waals surface area contributed by atoms with Crippen molar-refractivity contribution in [3.8, 4) is 0 Å². The average molecular weight is 557 g/mol. The molecular formula is C19H17I2N3O. The number of fused-ring (bicyclic) bond motifs is 3. The fraction of sp³-hybridized carbons (Fsp3) is 0.211. The zero-order chi connectivity index (χ0) is 17.6. The molecule has 1 atom stereocenters. The van der Waals surface area contributed by atoms with Crippen LogP contribution in [-0.4, -0.2) is 25.3 Å². The van der Waals surface area contributed by atoms with Gasteiger partial charge in [-0.15, -0.1) is 0 Å². The molecule has 0 radical (unpaired) electrons. The van der Waals surface area contributed by atoms with E-state index in [2.05, 4.69) is 91.1 Å². The molecule has 2 heterocycles. The molecule has 0 aliphatic rings. The molecule has 25 heavy (non-hydrogen) atoms. The molecule has 4 nitrogen and oxygen atoms in total. The standard InChI is InChI=1S/C19H17I2N3O/c1-12-22-6-7-23(12)10-15(25)11-24-18-4-2-13(20)8-16(18)17-9-14(21)3-5-19(17)24/h2-9,15,25H,10-11H2,1H3/t15-/m0/s1. The summed E-state index contributed by atoms with van der Waals surface area (Å²) >= 11 is 4.70. The summed E-state index contributed by atoms with van der Waals surface area (Å²) in [5.41, 5.74) is 2.33. The second-order valence-corrected chi connectivity index (χ2v) is 8.71. The smallest absolute Gasteiger partial charge is 0.105 e. The topological polar surface area (TPSA) is 43.0 Å². The van der Waals surface area contributed by atoms with E-state index >= 15 is 0 Å². The summed E-state index contributed by atoms with van der Waals surface area (Å²) in [7, 11) is 0. The molecule has 0 saturated heterocycles. The number of aryl methyl sites for hydroxylation is 1. The maximum Gasteiger partial charge on any atom is 0.105 e. The number of benzene rings is 2. The fourth-order valence-corrected chi connectivity index (χ4v) is 4.32. The van der Waals surface area contributed by atoms with E-state index in [1.807, 2.05) is 17.7 Å². The van der Waals surface area contributed by atoms with Gasteiger partial charge >= 0.3 is 0 Å². The lowest BCUT2D eigenvalue weighted by Crippen LogP contribution is -2.22. The second-order valence-electron chi connectivity index (χ2n) is 6.21. The van der Waals surface area contributed by atoms with E-state index < -0.39 is 6.10 Å². The highest BCUT2D eigenvalue weighted by molar-refractivity contribution is 14.1. The molecule has 4 aromatic rings. The van der Waals surface area contributed by atoms with E-state index in [1.165, 1.54) is 28.9 Å². The van der Waals surface area contributed by atoms with E-state index in [-0.39, 0.29) is 0 Å². The first-order valence-electron chi connectivity index (χ1n) is 8.06. The van der Waals surface area contributed by atoms with Crippen molar-refractivity contribution in [3.63, 3.8) is 0 Å². The Morgan fingerprint density at radius 2 is 1.60 bits per heavy atom. The van der Waals surface area contributed by atoms with Gasteiger partial charge in [0.05, 0.1) is 19.2 Å². The average Bonchev–Trinajstić information content (AvgIpc) is 3.10. The van der Waals surface area contributed by atoms with Gasteiger partial charge in [0, 0.05) is 41.3 Å². The monoisotopic (exact) mass is 557 g/mol. The van der Waals surface area contributed by atoms with Gasteiger partial charge in [-0.1, -0.05) is 0 Å². The Morgan fingerprint density at radius 3 is 2.12 bits per heavy atom. The molecule has 1 N–H and O–H groups in total. The van der Waals surface area contributed by atoms with Crippen LogP contribution in [0.15, 0.2) is 48.8 Å². The van der Waals surface area contributed by atoms with Crippen LogP contribution in [0.2, 0.25) is 0 Å². The van der Waals surface area contributed by atoms with E-state index in [1.54, 1.807) is 6.20 Å². The van der Waals surface area contributed by atoms with Gasteiger partial charge in [-0.25, -0.2) is 4.98 Å². The molecule has 0 unspecified atom stereocenters. The van der Waals surface area contributed by atoms with Gasteiger partial charge in [0.2, 0.25) is 0 Å². The Balaban J connectivity index is 1.78. The summed E-state index contributed by atoms with van der Waals surface area (Å²) in [5.74, 6) is 0.922. The zero-order valence-electron chi connectivity index (χ0n) is 13.7. The van der Waals surface area contributed by atoms with Gasteiger partial charge in [0.15, 0.2) is 0 Å². The van der Waals surface area contributed by atoms with Crippen LogP contribution in [0.4, 0.5) is 0 Å². The van der Waals surface area contributed by atoms with Gasteiger partial charge in [-0.05, 0) is 88.5 Å². The van der Waals surface area contributed by atoms with Gasteiger partial charge in [0.1, 0.15) is 5.82 Å². The second kappa shape index (κ2) is 6.88. The van der Waals surface area contributed by atoms with Gasteiger partial charge in [0.25, 0.3) is 0 Å². The lowest BCUT2D eigenvalue weighted by atomic mass is 10.2. The van der Waals surface area contributed by atoms with Crippen molar-refractivity contribution in [2.45, 2.75) is 26.1 Å². The first kappa shape index (κ1) is 17.3. The van der Waals surface area contributed by atoms with Crippen molar-refractivity contribution in [2.24, 2.45) is 0 Å². The largest absolute Gasteiger partial charge is 0.389 e. The molecule has 0 bridgehead atoms. The Hall–Kier alpha value is -1.13. The van der Waals surface area contributed by atoms with Crippen molar-refractivity contribution >= 4 is 67.0 Å². The van der Waals surface area contributed by atoms with Crippen molar-refractivity contribution in [3.05, 3.63) is 61.8 Å². The highest BCUT2D eigenvalue weighted by atomic mass is 127. The Bertz CT molecular complexity index is 1010. The lowest BCUT2D eigenvalue weighted by molar-refractivity contribution is 0.136. The minimum atomic E-state index is -0.481. The van der Waals surface area contributed by atoms with Crippen LogP contribution in [0.1, 0.15) is 5.82 Å². The van der Waals surface area contributed by atoms with Crippen molar-refractivity contribution in [1.29, 1.82) is 0 Å². The number of hydrogen-bond donors (Lipinski definition) is 1. The first-order valence-corrected chi connectivity index (χ1v) is 10.2. The predicted octanol–water partition coefficient (Wildman–Crippen LogP) is 4.57. The van der Waals surface area contributed by atoms with Crippen molar-refractivity contribution < 1.29 is 5.11 Å². The van der Waals surface area contributed by atoms with Crippen LogP contribution in [0.5, 0.6) is 0 Å². The molecule has 2 aromatic carbocycles. The third-order valence-electron chi connectivity index (χ3n) is 4.51. The summed E-state index contributed by atoms with van der Waals surface area (Å²) in [4.78, 5) is 4.23. The molecule has 0 aliphatic heterocycles. The third kappa shape index (κ3) is 3.31. The molecule has 4 rings (SSSR count).